The molecule has 2 atom stereocenters. The molecule has 7 nitrogen and oxygen atoms in total. The van der Waals surface area contributed by atoms with E-state index in [9.17, 15) is 19.2 Å². The van der Waals surface area contributed by atoms with E-state index in [2.05, 4.69) is 0 Å². The second kappa shape index (κ2) is 6.51. The number of carboxylic acid groups (broad SMARTS) is 1. The van der Waals surface area contributed by atoms with Gasteiger partial charge in [-0.25, -0.2) is 0 Å². The minimum absolute atomic E-state index is 0.0130. The van der Waals surface area contributed by atoms with Gasteiger partial charge in [-0.05, 0) is 12.8 Å². The predicted molar refractivity (Wildman–Crippen MR) is 69.9 cm³/mol. The summed E-state index contributed by atoms with van der Waals surface area (Å²) in [6, 6.07) is 0. The standard InChI is InChI=1S/C14H17NO6/c16-11-5-6-12(17)15(11)7-8-21-14(20)10-4-2-1-3-9(10)13(18)19/h5-6,9-10H,1-4,7-8H2,(H,18,19). The van der Waals surface area contributed by atoms with E-state index < -0.39 is 35.6 Å². The summed E-state index contributed by atoms with van der Waals surface area (Å²) in [7, 11) is 0. The van der Waals surface area contributed by atoms with E-state index in [1.807, 2.05) is 0 Å². The average Bonchev–Trinajstić information content (AvgIpc) is 2.78. The number of amides is 2. The Kier molecular flexibility index (Phi) is 4.72. The third-order valence-corrected chi connectivity index (χ3v) is 3.85. The second-order valence-corrected chi connectivity index (χ2v) is 5.16. The van der Waals surface area contributed by atoms with Gasteiger partial charge in [0.25, 0.3) is 11.8 Å². The average molecular weight is 295 g/mol. The van der Waals surface area contributed by atoms with Crippen LogP contribution in [0.4, 0.5) is 0 Å². The third-order valence-electron chi connectivity index (χ3n) is 3.85. The summed E-state index contributed by atoms with van der Waals surface area (Å²) >= 11 is 0. The first kappa shape index (κ1) is 15.2. The van der Waals surface area contributed by atoms with Gasteiger partial charge in [-0.3, -0.25) is 24.1 Å². The van der Waals surface area contributed by atoms with Crippen molar-refractivity contribution in [3.63, 3.8) is 0 Å². The Hall–Kier alpha value is -2.18. The molecule has 0 aromatic heterocycles. The van der Waals surface area contributed by atoms with E-state index in [0.717, 1.165) is 29.9 Å². The molecule has 2 amide bonds. The fourth-order valence-corrected chi connectivity index (χ4v) is 2.70. The lowest BCUT2D eigenvalue weighted by Gasteiger charge is -2.26. The molecule has 0 spiro atoms. The summed E-state index contributed by atoms with van der Waals surface area (Å²) < 4.78 is 5.04. The number of rotatable bonds is 5. The zero-order chi connectivity index (χ0) is 15.4. The fraction of sp³-hybridized carbons (Fsp3) is 0.571. The molecule has 1 aliphatic carbocycles. The molecule has 1 N–H and O–H groups in total. The first-order chi connectivity index (χ1) is 10.0. The van der Waals surface area contributed by atoms with Gasteiger partial charge in [0, 0.05) is 12.2 Å². The van der Waals surface area contributed by atoms with Gasteiger partial charge in [0.15, 0.2) is 0 Å². The lowest BCUT2D eigenvalue weighted by atomic mass is 9.79. The van der Waals surface area contributed by atoms with E-state index in [1.165, 1.54) is 0 Å². The molecule has 1 fully saturated rings. The molecule has 0 radical (unpaired) electrons. The number of hydrogen-bond donors (Lipinski definition) is 1. The number of nitrogens with zero attached hydrogens (tertiary/aromatic N) is 1. The van der Waals surface area contributed by atoms with Crippen LogP contribution in [-0.4, -0.2) is 46.9 Å². The van der Waals surface area contributed by atoms with Crippen LogP contribution in [0.5, 0.6) is 0 Å². The number of carbonyl (C=O) groups is 4. The fourth-order valence-electron chi connectivity index (χ4n) is 2.70. The largest absolute Gasteiger partial charge is 0.481 e. The highest BCUT2D eigenvalue weighted by Crippen LogP contribution is 2.31. The van der Waals surface area contributed by atoms with E-state index in [0.29, 0.717) is 12.8 Å². The Labute approximate surface area is 121 Å². The molecule has 1 saturated carbocycles. The highest BCUT2D eigenvalue weighted by atomic mass is 16.5. The van der Waals surface area contributed by atoms with Crippen LogP contribution in [0.1, 0.15) is 25.7 Å². The Morgan fingerprint density at radius 1 is 1.14 bits per heavy atom. The smallest absolute Gasteiger partial charge is 0.309 e. The number of carboxylic acids is 1. The minimum Gasteiger partial charge on any atom is -0.481 e. The molecule has 2 unspecified atom stereocenters. The minimum atomic E-state index is -0.981. The summed E-state index contributed by atoms with van der Waals surface area (Å²) in [6.45, 7) is -0.123. The Bertz CT molecular complexity index is 480. The molecule has 0 aromatic carbocycles. The molecule has 0 aromatic rings. The molecule has 21 heavy (non-hydrogen) atoms. The monoisotopic (exact) mass is 295 g/mol. The van der Waals surface area contributed by atoms with Gasteiger partial charge < -0.3 is 9.84 Å². The molecule has 2 rings (SSSR count). The maximum absolute atomic E-state index is 12.0. The van der Waals surface area contributed by atoms with Crippen molar-refractivity contribution in [3.05, 3.63) is 12.2 Å². The predicted octanol–water partition coefficient (Wildman–Crippen LogP) is 0.346. The van der Waals surface area contributed by atoms with Gasteiger partial charge >= 0.3 is 11.9 Å². The lowest BCUT2D eigenvalue weighted by molar-refractivity contribution is -0.160. The van der Waals surface area contributed by atoms with Crippen molar-refractivity contribution in [2.45, 2.75) is 25.7 Å². The van der Waals surface area contributed by atoms with Gasteiger partial charge in [0.1, 0.15) is 6.61 Å². The van der Waals surface area contributed by atoms with Crippen LogP contribution >= 0.6 is 0 Å². The first-order valence-corrected chi connectivity index (χ1v) is 6.93. The van der Waals surface area contributed by atoms with Crippen LogP contribution < -0.4 is 0 Å². The second-order valence-electron chi connectivity index (χ2n) is 5.16. The Morgan fingerprint density at radius 3 is 2.29 bits per heavy atom. The molecule has 1 heterocycles. The highest BCUT2D eigenvalue weighted by molar-refractivity contribution is 6.12. The number of imide groups is 1. The van der Waals surface area contributed by atoms with Gasteiger partial charge in [-0.15, -0.1) is 0 Å². The van der Waals surface area contributed by atoms with Crippen LogP contribution in [0.15, 0.2) is 12.2 Å². The van der Waals surface area contributed by atoms with Crippen molar-refractivity contribution in [2.75, 3.05) is 13.2 Å². The number of hydrogen-bond acceptors (Lipinski definition) is 5. The number of esters is 1. The van der Waals surface area contributed by atoms with Crippen molar-refractivity contribution in [1.82, 2.24) is 4.90 Å². The van der Waals surface area contributed by atoms with Gasteiger partial charge in [0.05, 0.1) is 18.4 Å². The summed E-state index contributed by atoms with van der Waals surface area (Å²) in [5, 5.41) is 9.11. The van der Waals surface area contributed by atoms with Crippen molar-refractivity contribution in [2.24, 2.45) is 11.8 Å². The normalized spacial score (nSPS) is 25.2. The quantitative estimate of drug-likeness (QED) is 0.580. The van der Waals surface area contributed by atoms with Crippen LogP contribution in [0.2, 0.25) is 0 Å². The van der Waals surface area contributed by atoms with Crippen LogP contribution in [0.3, 0.4) is 0 Å². The van der Waals surface area contributed by atoms with Crippen molar-refractivity contribution < 1.29 is 29.0 Å². The highest BCUT2D eigenvalue weighted by Gasteiger charge is 2.36. The van der Waals surface area contributed by atoms with Crippen LogP contribution in [0.25, 0.3) is 0 Å². The summed E-state index contributed by atoms with van der Waals surface area (Å²) in [4.78, 5) is 46.7. The zero-order valence-corrected chi connectivity index (χ0v) is 11.5. The topological polar surface area (TPSA) is 101 Å². The molecule has 2 aliphatic rings. The summed E-state index contributed by atoms with van der Waals surface area (Å²) in [5.41, 5.74) is 0. The summed E-state index contributed by atoms with van der Waals surface area (Å²) in [6.07, 6.45) is 4.89. The maximum atomic E-state index is 12.0. The van der Waals surface area contributed by atoms with E-state index in [1.54, 1.807) is 0 Å². The molecule has 114 valence electrons. The van der Waals surface area contributed by atoms with Crippen molar-refractivity contribution in [1.29, 1.82) is 0 Å². The lowest BCUT2D eigenvalue weighted by Crippen LogP contribution is -2.37. The van der Waals surface area contributed by atoms with Crippen molar-refractivity contribution >= 4 is 23.8 Å². The van der Waals surface area contributed by atoms with Gasteiger partial charge in [-0.1, -0.05) is 12.8 Å². The number of aliphatic carboxylic acids is 1. The zero-order valence-electron chi connectivity index (χ0n) is 11.5. The molecule has 0 bridgehead atoms. The number of carbonyl (C=O) groups excluding carboxylic acids is 3. The van der Waals surface area contributed by atoms with E-state index in [-0.39, 0.29) is 13.2 Å². The molecular formula is C14H17NO6. The van der Waals surface area contributed by atoms with E-state index in [4.69, 9.17) is 9.84 Å². The van der Waals surface area contributed by atoms with E-state index >= 15 is 0 Å². The third kappa shape index (κ3) is 3.48. The summed E-state index contributed by atoms with van der Waals surface area (Å²) in [5.74, 6) is -3.75. The van der Waals surface area contributed by atoms with Gasteiger partial charge in [0.2, 0.25) is 0 Å². The van der Waals surface area contributed by atoms with Crippen molar-refractivity contribution in [3.8, 4) is 0 Å². The molecular weight excluding hydrogens is 278 g/mol. The number of ether oxygens (including phenoxy) is 1. The molecule has 7 heteroatoms. The first-order valence-electron chi connectivity index (χ1n) is 6.93. The Morgan fingerprint density at radius 2 is 1.71 bits per heavy atom. The molecule has 0 saturated heterocycles. The SMILES string of the molecule is O=C(O)C1CCCCC1C(=O)OCCN1C(=O)C=CC1=O. The Balaban J connectivity index is 1.82. The maximum Gasteiger partial charge on any atom is 0.309 e. The molecule has 1 aliphatic heterocycles. The van der Waals surface area contributed by atoms with Crippen LogP contribution in [-0.2, 0) is 23.9 Å². The van der Waals surface area contributed by atoms with Crippen LogP contribution in [0, 0.1) is 11.8 Å². The van der Waals surface area contributed by atoms with Gasteiger partial charge in [-0.2, -0.15) is 0 Å².